The van der Waals surface area contributed by atoms with E-state index in [1.54, 1.807) is 0 Å². The molecule has 0 radical (unpaired) electrons. The second kappa shape index (κ2) is 7.49. The summed E-state index contributed by atoms with van der Waals surface area (Å²) in [5.41, 5.74) is 1.52. The average molecular weight is 377 g/mol. The van der Waals surface area contributed by atoms with Crippen molar-refractivity contribution in [2.45, 2.75) is 64.2 Å². The van der Waals surface area contributed by atoms with E-state index < -0.39 is 11.7 Å². The lowest BCUT2D eigenvalue weighted by molar-refractivity contribution is -0.867. The number of aromatic nitrogens is 1. The average Bonchev–Trinajstić information content (AvgIpc) is 3.42. The Morgan fingerprint density at radius 1 is 1.41 bits per heavy atom. The van der Waals surface area contributed by atoms with Gasteiger partial charge in [-0.05, 0) is 58.1 Å². The van der Waals surface area contributed by atoms with Crippen molar-refractivity contribution >= 4 is 6.09 Å². The molecule has 0 spiro atoms. The number of likely N-dealkylation sites (N-methyl/N-ethyl adjacent to an activating group) is 1. The molecule has 1 aromatic rings. The van der Waals surface area contributed by atoms with Gasteiger partial charge < -0.3 is 9.84 Å². The monoisotopic (exact) mass is 376 g/mol. The summed E-state index contributed by atoms with van der Waals surface area (Å²) in [6.07, 6.45) is 3.63. The molecule has 3 atom stereocenters. The van der Waals surface area contributed by atoms with E-state index in [1.807, 2.05) is 40.1 Å². The number of pyridine rings is 1. The third-order valence-corrected chi connectivity index (χ3v) is 5.82. The maximum absolute atomic E-state index is 12.7. The van der Waals surface area contributed by atoms with E-state index in [1.165, 1.54) is 18.4 Å². The number of β-amino-alcohol motifs (C(OH)–C–C–N with tert-alkyl or cyclic N) is 1. The molecule has 2 aliphatic rings. The number of ether oxygens (including phenoxy) is 1. The first-order valence-electron chi connectivity index (χ1n) is 10.0. The van der Waals surface area contributed by atoms with E-state index in [4.69, 9.17) is 4.74 Å². The van der Waals surface area contributed by atoms with Gasteiger partial charge in [0, 0.05) is 19.3 Å². The second-order valence-corrected chi connectivity index (χ2v) is 9.39. The predicted molar refractivity (Wildman–Crippen MR) is 104 cm³/mol. The van der Waals surface area contributed by atoms with Gasteiger partial charge in [0.05, 0.1) is 19.3 Å². The van der Waals surface area contributed by atoms with Gasteiger partial charge in [0.25, 0.3) is 0 Å². The van der Waals surface area contributed by atoms with Crippen LogP contribution in [0.15, 0.2) is 18.3 Å². The Kier molecular flexibility index (Phi) is 5.62. The second-order valence-electron chi connectivity index (χ2n) is 9.39. The molecule has 2 heterocycles. The van der Waals surface area contributed by atoms with Crippen molar-refractivity contribution in [1.82, 2.24) is 9.88 Å². The van der Waals surface area contributed by atoms with Crippen molar-refractivity contribution in [3.8, 4) is 0 Å². The van der Waals surface area contributed by atoms with Crippen molar-refractivity contribution in [3.63, 3.8) is 0 Å². The SMILES string of the molecule is C[C@@H]1CN(C[C@@H](O)c2ccc(C3CC3)cn2)CC[N+]1(C)C(=O)OC(C)(C)C. The number of hydrogen-bond donors (Lipinski definition) is 1. The zero-order valence-corrected chi connectivity index (χ0v) is 17.3. The van der Waals surface area contributed by atoms with Gasteiger partial charge in [0.15, 0.2) is 0 Å². The highest BCUT2D eigenvalue weighted by molar-refractivity contribution is 5.60. The number of rotatable bonds is 4. The molecule has 1 aliphatic heterocycles. The number of aliphatic hydroxyl groups excluding tert-OH is 1. The van der Waals surface area contributed by atoms with E-state index in [0.29, 0.717) is 19.0 Å². The third-order valence-electron chi connectivity index (χ3n) is 5.82. The number of carbonyl (C=O) groups excluding carboxylic acids is 1. The molecule has 1 amide bonds. The first-order valence-corrected chi connectivity index (χ1v) is 10.0. The van der Waals surface area contributed by atoms with Gasteiger partial charge in [0.2, 0.25) is 0 Å². The van der Waals surface area contributed by atoms with E-state index in [-0.39, 0.29) is 16.6 Å². The number of aliphatic hydroxyl groups is 1. The van der Waals surface area contributed by atoms with Gasteiger partial charge in [0.1, 0.15) is 24.3 Å². The van der Waals surface area contributed by atoms with Crippen LogP contribution in [0.5, 0.6) is 0 Å². The van der Waals surface area contributed by atoms with Crippen LogP contribution < -0.4 is 0 Å². The molecule has 2 fully saturated rings. The Bertz CT molecular complexity index is 666. The number of quaternary nitrogens is 1. The van der Waals surface area contributed by atoms with Gasteiger partial charge in [-0.3, -0.25) is 9.88 Å². The van der Waals surface area contributed by atoms with Crippen LogP contribution in [0, 0.1) is 0 Å². The molecule has 1 saturated carbocycles. The highest BCUT2D eigenvalue weighted by Gasteiger charge is 2.45. The van der Waals surface area contributed by atoms with Crippen LogP contribution in [-0.4, -0.2) is 70.4 Å². The van der Waals surface area contributed by atoms with Crippen LogP contribution in [0.4, 0.5) is 4.79 Å². The standard InChI is InChI=1S/C21H34N3O3/c1-15-13-23(10-11-24(15,5)20(26)27-21(2,3)4)14-19(25)18-9-8-17(12-22-18)16-6-7-16/h8-9,12,15-16,19,25H,6-7,10-11,13-14H2,1-5H3/q+1/t15-,19-,24?/m1/s1. The Morgan fingerprint density at radius 2 is 2.11 bits per heavy atom. The molecule has 6 nitrogen and oxygen atoms in total. The Morgan fingerprint density at radius 3 is 2.63 bits per heavy atom. The molecular formula is C21H34N3O3+. The fraction of sp³-hybridized carbons (Fsp3) is 0.714. The quantitative estimate of drug-likeness (QED) is 0.818. The Hall–Kier alpha value is -1.50. The van der Waals surface area contributed by atoms with Crippen molar-refractivity contribution < 1.29 is 19.1 Å². The number of piperazine rings is 1. The van der Waals surface area contributed by atoms with Gasteiger partial charge in [-0.1, -0.05) is 6.07 Å². The fourth-order valence-electron chi connectivity index (χ4n) is 3.63. The molecule has 1 saturated heterocycles. The molecular weight excluding hydrogens is 342 g/mol. The van der Waals surface area contributed by atoms with Crippen molar-refractivity contribution in [2.75, 3.05) is 33.2 Å². The van der Waals surface area contributed by atoms with Crippen molar-refractivity contribution in [1.29, 1.82) is 0 Å². The van der Waals surface area contributed by atoms with Crippen LogP contribution in [0.25, 0.3) is 0 Å². The molecule has 6 heteroatoms. The number of carbonyl (C=O) groups is 1. The van der Waals surface area contributed by atoms with Gasteiger partial charge >= 0.3 is 6.09 Å². The summed E-state index contributed by atoms with van der Waals surface area (Å²) in [5, 5.41) is 10.6. The normalized spacial score (nSPS) is 28.0. The minimum Gasteiger partial charge on any atom is -0.414 e. The van der Waals surface area contributed by atoms with E-state index in [0.717, 1.165) is 18.8 Å². The maximum atomic E-state index is 12.7. The summed E-state index contributed by atoms with van der Waals surface area (Å²) in [5.74, 6) is 0.676. The van der Waals surface area contributed by atoms with Crippen LogP contribution in [0.3, 0.4) is 0 Å². The number of nitrogens with zero attached hydrogens (tertiary/aromatic N) is 3. The topological polar surface area (TPSA) is 62.7 Å². The lowest BCUT2D eigenvalue weighted by atomic mass is 10.1. The summed E-state index contributed by atoms with van der Waals surface area (Å²) in [4.78, 5) is 19.3. The molecule has 1 N–H and O–H groups in total. The van der Waals surface area contributed by atoms with Crippen LogP contribution in [0.1, 0.15) is 63.8 Å². The molecule has 1 aliphatic carbocycles. The zero-order valence-electron chi connectivity index (χ0n) is 17.3. The van der Waals surface area contributed by atoms with Crippen molar-refractivity contribution in [2.24, 2.45) is 0 Å². The first-order chi connectivity index (χ1) is 12.6. The first kappa shape index (κ1) is 20.2. The molecule has 3 rings (SSSR count). The zero-order chi connectivity index (χ0) is 19.8. The molecule has 27 heavy (non-hydrogen) atoms. The van der Waals surface area contributed by atoms with Crippen LogP contribution in [0.2, 0.25) is 0 Å². The number of hydrogen-bond acceptors (Lipinski definition) is 5. The van der Waals surface area contributed by atoms with Gasteiger partial charge in [-0.25, -0.2) is 4.48 Å². The summed E-state index contributed by atoms with van der Waals surface area (Å²) in [6, 6.07) is 4.15. The van der Waals surface area contributed by atoms with Crippen LogP contribution in [-0.2, 0) is 4.74 Å². The molecule has 150 valence electrons. The summed E-state index contributed by atoms with van der Waals surface area (Å²) in [7, 11) is 1.95. The maximum Gasteiger partial charge on any atom is 0.516 e. The van der Waals surface area contributed by atoms with E-state index >= 15 is 0 Å². The van der Waals surface area contributed by atoms with Crippen molar-refractivity contribution in [3.05, 3.63) is 29.6 Å². The highest BCUT2D eigenvalue weighted by Crippen LogP contribution is 2.39. The summed E-state index contributed by atoms with van der Waals surface area (Å²) >= 11 is 0. The summed E-state index contributed by atoms with van der Waals surface area (Å²) in [6.45, 7) is 10.5. The third kappa shape index (κ3) is 4.86. The highest BCUT2D eigenvalue weighted by atomic mass is 16.6. The van der Waals surface area contributed by atoms with Gasteiger partial charge in [-0.15, -0.1) is 0 Å². The summed E-state index contributed by atoms with van der Waals surface area (Å²) < 4.78 is 5.90. The molecule has 1 unspecified atom stereocenters. The molecule has 0 aromatic carbocycles. The van der Waals surface area contributed by atoms with E-state index in [2.05, 4.69) is 22.9 Å². The Balaban J connectivity index is 1.56. The van der Waals surface area contributed by atoms with E-state index in [9.17, 15) is 9.90 Å². The minimum atomic E-state index is -0.608. The van der Waals surface area contributed by atoms with Crippen LogP contribution >= 0.6 is 0 Å². The lowest BCUT2D eigenvalue weighted by Gasteiger charge is -2.44. The van der Waals surface area contributed by atoms with Gasteiger partial charge in [-0.2, -0.15) is 4.79 Å². The fourth-order valence-corrected chi connectivity index (χ4v) is 3.63. The molecule has 1 aromatic heterocycles. The molecule has 0 bridgehead atoms. The lowest BCUT2D eigenvalue weighted by Crippen LogP contribution is -2.66. The predicted octanol–water partition coefficient (Wildman–Crippen LogP) is 3.08. The Labute approximate surface area is 162 Å². The number of amides is 1. The minimum absolute atomic E-state index is 0.103. The largest absolute Gasteiger partial charge is 0.516 e. The smallest absolute Gasteiger partial charge is 0.414 e.